The number of hydrogen-bond acceptors (Lipinski definition) is 4. The van der Waals surface area contributed by atoms with Crippen molar-refractivity contribution in [3.8, 4) is 0 Å². The van der Waals surface area contributed by atoms with Gasteiger partial charge in [0.1, 0.15) is 6.54 Å². The Hall–Kier alpha value is -1.10. The highest BCUT2D eigenvalue weighted by Crippen LogP contribution is 1.89. The summed E-state index contributed by atoms with van der Waals surface area (Å²) in [7, 11) is 2.56. The van der Waals surface area contributed by atoms with Gasteiger partial charge in [0.15, 0.2) is 0 Å². The van der Waals surface area contributed by atoms with Crippen molar-refractivity contribution in [1.29, 1.82) is 0 Å². The van der Waals surface area contributed by atoms with Crippen molar-refractivity contribution in [1.82, 2.24) is 5.06 Å². The third kappa shape index (κ3) is 3.57. The summed E-state index contributed by atoms with van der Waals surface area (Å²) in [5.74, 6) is -0.847. The number of carbonyl (C=O) groups excluding carboxylic acids is 2. The molecule has 0 saturated heterocycles. The van der Waals surface area contributed by atoms with Gasteiger partial charge in [-0.05, 0) is 0 Å². The third-order valence-corrected chi connectivity index (χ3v) is 1.07. The Morgan fingerprint density at radius 2 is 1.91 bits per heavy atom. The van der Waals surface area contributed by atoms with Crippen LogP contribution in [0.4, 0.5) is 0 Å². The fraction of sp³-hybridized carbons (Fsp3) is 0.667. The van der Waals surface area contributed by atoms with E-state index in [1.807, 2.05) is 0 Å². The Labute approximate surface area is 64.8 Å². The highest BCUT2D eigenvalue weighted by Gasteiger charge is 2.12. The first kappa shape index (κ1) is 9.90. The minimum Gasteiger partial charge on any atom is -0.468 e. The summed E-state index contributed by atoms with van der Waals surface area (Å²) < 4.78 is 4.32. The monoisotopic (exact) mass is 161 g/mol. The lowest BCUT2D eigenvalue weighted by Crippen LogP contribution is -2.33. The van der Waals surface area contributed by atoms with Crippen molar-refractivity contribution in [3.05, 3.63) is 0 Å². The van der Waals surface area contributed by atoms with Gasteiger partial charge >= 0.3 is 5.97 Å². The molecule has 0 unspecified atom stereocenters. The highest BCUT2D eigenvalue weighted by molar-refractivity contribution is 5.79. The lowest BCUT2D eigenvalue weighted by atomic mass is 10.6. The molecule has 11 heavy (non-hydrogen) atoms. The van der Waals surface area contributed by atoms with Crippen molar-refractivity contribution in [2.45, 2.75) is 6.92 Å². The van der Waals surface area contributed by atoms with Crippen LogP contribution in [-0.4, -0.2) is 37.7 Å². The normalized spacial score (nSPS) is 9.00. The van der Waals surface area contributed by atoms with E-state index < -0.39 is 5.97 Å². The fourth-order valence-corrected chi connectivity index (χ4v) is 0.486. The molecule has 0 bridgehead atoms. The molecule has 0 saturated carbocycles. The summed E-state index contributed by atoms with van der Waals surface area (Å²) >= 11 is 0. The summed E-state index contributed by atoms with van der Waals surface area (Å²) in [6, 6.07) is 0. The van der Waals surface area contributed by atoms with Crippen LogP contribution in [0.2, 0.25) is 0 Å². The molecule has 64 valence electrons. The number of hydrogen-bond donors (Lipinski definition) is 0. The van der Waals surface area contributed by atoms with Gasteiger partial charge < -0.3 is 4.74 Å². The molecule has 1 amide bonds. The molecular formula is C6H11NO4. The molecule has 0 radical (unpaired) electrons. The van der Waals surface area contributed by atoms with E-state index in [4.69, 9.17) is 0 Å². The zero-order valence-electron chi connectivity index (χ0n) is 6.79. The van der Waals surface area contributed by atoms with Gasteiger partial charge in [-0.15, -0.1) is 0 Å². The number of methoxy groups -OCH3 is 1. The molecule has 0 aromatic carbocycles. The van der Waals surface area contributed by atoms with Crippen LogP contribution in [-0.2, 0) is 19.2 Å². The van der Waals surface area contributed by atoms with Gasteiger partial charge in [-0.2, -0.15) is 0 Å². The van der Waals surface area contributed by atoms with Crippen LogP contribution in [0.15, 0.2) is 0 Å². The average molecular weight is 161 g/mol. The van der Waals surface area contributed by atoms with Crippen LogP contribution in [0.5, 0.6) is 0 Å². The molecular weight excluding hydrogens is 150 g/mol. The standard InChI is InChI=1S/C6H11NO4/c1-5(8)7(11-3)4-6(9)10-2/h4H2,1-3H3. The zero-order valence-corrected chi connectivity index (χ0v) is 6.79. The van der Waals surface area contributed by atoms with Crippen LogP contribution >= 0.6 is 0 Å². The number of nitrogens with zero attached hydrogens (tertiary/aromatic N) is 1. The molecule has 0 aliphatic rings. The molecule has 5 heteroatoms. The first-order valence-corrected chi connectivity index (χ1v) is 3.00. The minimum atomic E-state index is -0.512. The summed E-state index contributed by atoms with van der Waals surface area (Å²) in [4.78, 5) is 25.8. The Morgan fingerprint density at radius 3 is 2.18 bits per heavy atom. The van der Waals surface area contributed by atoms with Crippen LogP contribution in [0.25, 0.3) is 0 Å². The van der Waals surface area contributed by atoms with E-state index in [0.29, 0.717) is 0 Å². The van der Waals surface area contributed by atoms with Gasteiger partial charge in [0.2, 0.25) is 5.91 Å². The topological polar surface area (TPSA) is 55.8 Å². The van der Waals surface area contributed by atoms with Crippen molar-refractivity contribution >= 4 is 11.9 Å². The maximum Gasteiger partial charge on any atom is 0.328 e. The predicted octanol–water partition coefficient (Wildman–Crippen LogP) is -0.431. The summed E-state index contributed by atoms with van der Waals surface area (Å²) in [5.41, 5.74) is 0. The van der Waals surface area contributed by atoms with Crippen LogP contribution in [0.3, 0.4) is 0 Å². The SMILES string of the molecule is COC(=O)CN(OC)C(C)=O. The second-order valence-corrected chi connectivity index (χ2v) is 1.81. The molecule has 5 nitrogen and oxygen atoms in total. The van der Waals surface area contributed by atoms with E-state index in [0.717, 1.165) is 5.06 Å². The molecule has 0 aliphatic heterocycles. The molecule has 0 aromatic rings. The molecule has 0 spiro atoms. The second kappa shape index (κ2) is 4.68. The van der Waals surface area contributed by atoms with Gasteiger partial charge in [-0.25, -0.2) is 5.06 Å². The van der Waals surface area contributed by atoms with Crippen molar-refractivity contribution in [2.75, 3.05) is 20.8 Å². The first-order chi connectivity index (χ1) is 5.11. The lowest BCUT2D eigenvalue weighted by molar-refractivity contribution is -0.182. The number of ether oxygens (including phenoxy) is 1. The minimum absolute atomic E-state index is 0.178. The highest BCUT2D eigenvalue weighted by atomic mass is 16.7. The fourth-order valence-electron chi connectivity index (χ4n) is 0.486. The summed E-state index contributed by atoms with van der Waals surface area (Å²) in [5, 5.41) is 0.909. The summed E-state index contributed by atoms with van der Waals surface area (Å²) in [6.07, 6.45) is 0. The Balaban J connectivity index is 3.88. The van der Waals surface area contributed by atoms with Crippen molar-refractivity contribution < 1.29 is 19.2 Å². The molecule has 0 aliphatic carbocycles. The maximum atomic E-state index is 10.6. The van der Waals surface area contributed by atoms with Crippen LogP contribution in [0, 0.1) is 0 Å². The van der Waals surface area contributed by atoms with E-state index >= 15 is 0 Å². The van der Waals surface area contributed by atoms with Gasteiger partial charge in [-0.1, -0.05) is 0 Å². The van der Waals surface area contributed by atoms with Crippen molar-refractivity contribution in [3.63, 3.8) is 0 Å². The smallest absolute Gasteiger partial charge is 0.328 e. The number of hydroxylamine groups is 2. The predicted molar refractivity (Wildman–Crippen MR) is 36.4 cm³/mol. The first-order valence-electron chi connectivity index (χ1n) is 3.00. The quantitative estimate of drug-likeness (QED) is 0.416. The van der Waals surface area contributed by atoms with Gasteiger partial charge in [0.25, 0.3) is 0 Å². The average Bonchev–Trinajstić information content (AvgIpc) is 1.99. The molecule has 0 heterocycles. The van der Waals surface area contributed by atoms with Gasteiger partial charge in [0.05, 0.1) is 14.2 Å². The number of rotatable bonds is 3. The molecule has 0 aromatic heterocycles. The number of carbonyl (C=O) groups is 2. The lowest BCUT2D eigenvalue weighted by Gasteiger charge is -2.15. The Bertz CT molecular complexity index is 157. The number of amides is 1. The Morgan fingerprint density at radius 1 is 1.36 bits per heavy atom. The Kier molecular flexibility index (Phi) is 4.21. The van der Waals surface area contributed by atoms with E-state index in [-0.39, 0.29) is 12.5 Å². The summed E-state index contributed by atoms with van der Waals surface area (Å²) in [6.45, 7) is 1.12. The molecule has 0 rings (SSSR count). The number of esters is 1. The van der Waals surface area contributed by atoms with Gasteiger partial charge in [0, 0.05) is 6.92 Å². The van der Waals surface area contributed by atoms with E-state index in [1.165, 1.54) is 21.1 Å². The van der Waals surface area contributed by atoms with Crippen LogP contribution in [0.1, 0.15) is 6.92 Å². The molecule has 0 atom stereocenters. The molecule has 0 N–H and O–H groups in total. The molecule has 0 fully saturated rings. The largest absolute Gasteiger partial charge is 0.468 e. The zero-order chi connectivity index (χ0) is 8.85. The van der Waals surface area contributed by atoms with E-state index in [9.17, 15) is 9.59 Å². The van der Waals surface area contributed by atoms with Crippen molar-refractivity contribution in [2.24, 2.45) is 0 Å². The maximum absolute atomic E-state index is 10.6. The van der Waals surface area contributed by atoms with E-state index in [1.54, 1.807) is 0 Å². The van der Waals surface area contributed by atoms with Gasteiger partial charge in [-0.3, -0.25) is 14.4 Å². The van der Waals surface area contributed by atoms with E-state index in [2.05, 4.69) is 9.57 Å². The van der Waals surface area contributed by atoms with Crippen LogP contribution < -0.4 is 0 Å². The second-order valence-electron chi connectivity index (χ2n) is 1.81. The third-order valence-electron chi connectivity index (χ3n) is 1.07.